The van der Waals surface area contributed by atoms with Crippen molar-refractivity contribution in [1.29, 1.82) is 0 Å². The monoisotopic (exact) mass is 471 g/mol. The van der Waals surface area contributed by atoms with E-state index >= 15 is 0 Å². The normalized spacial score (nSPS) is 13.3. The summed E-state index contributed by atoms with van der Waals surface area (Å²) in [7, 11) is -3.24. The lowest BCUT2D eigenvalue weighted by Crippen LogP contribution is -2.49. The van der Waals surface area contributed by atoms with Crippen LogP contribution in [0, 0.1) is 0 Å². The lowest BCUT2D eigenvalue weighted by molar-refractivity contribution is -0.139. The number of hydrogen-bond donors (Lipinski definition) is 5. The molecule has 0 radical (unpaired) electrons. The number of thioether (sulfide) groups is 1. The van der Waals surface area contributed by atoms with Crippen LogP contribution in [0.15, 0.2) is 0 Å². The Bertz CT molecular complexity index is 625. The molecule has 12 nitrogen and oxygen atoms in total. The van der Waals surface area contributed by atoms with E-state index in [1.54, 1.807) is 13.8 Å². The van der Waals surface area contributed by atoms with E-state index in [-0.39, 0.29) is 38.0 Å². The summed E-state index contributed by atoms with van der Waals surface area (Å²) in [5, 5.41) is 22.1. The second-order valence-corrected chi connectivity index (χ2v) is 9.30. The number of aliphatic carboxylic acids is 2. The Hall–Kier alpha value is -1.66. The van der Waals surface area contributed by atoms with Gasteiger partial charge in [0.2, 0.25) is 11.8 Å². The zero-order valence-electron chi connectivity index (χ0n) is 17.0. The minimum atomic E-state index is -3.24. The smallest absolute Gasteiger partial charge is 0.331 e. The lowest BCUT2D eigenvalue weighted by atomic mass is 10.1. The molecule has 0 aromatic carbocycles. The second-order valence-electron chi connectivity index (χ2n) is 5.96. The average Bonchev–Trinajstić information content (AvgIpc) is 2.66. The van der Waals surface area contributed by atoms with Gasteiger partial charge in [-0.25, -0.2) is 0 Å². The van der Waals surface area contributed by atoms with Gasteiger partial charge in [0.15, 0.2) is 0 Å². The number of nitrogens with one attached hydrogen (secondary N) is 2. The number of hydrogen-bond acceptors (Lipinski definition) is 9. The van der Waals surface area contributed by atoms with Gasteiger partial charge in [0.1, 0.15) is 18.6 Å². The van der Waals surface area contributed by atoms with Crippen molar-refractivity contribution in [2.45, 2.75) is 38.8 Å². The molecule has 0 aliphatic rings. The molecule has 30 heavy (non-hydrogen) atoms. The molecule has 0 fully saturated rings. The molecule has 0 spiro atoms. The fourth-order valence-electron chi connectivity index (χ4n) is 2.08. The Labute approximate surface area is 179 Å². The van der Waals surface area contributed by atoms with E-state index in [1.165, 1.54) is 11.8 Å². The molecule has 0 saturated carbocycles. The van der Waals surface area contributed by atoms with Gasteiger partial charge in [-0.1, -0.05) is 0 Å². The van der Waals surface area contributed by atoms with Crippen LogP contribution in [0.4, 0.5) is 0 Å². The molecular weight excluding hydrogens is 441 g/mol. The Morgan fingerprint density at radius 1 is 1.13 bits per heavy atom. The van der Waals surface area contributed by atoms with Crippen LogP contribution in [-0.4, -0.2) is 83.5 Å². The van der Waals surface area contributed by atoms with Crippen molar-refractivity contribution < 1.29 is 43.0 Å². The van der Waals surface area contributed by atoms with Crippen LogP contribution in [0.5, 0.6) is 0 Å². The van der Waals surface area contributed by atoms with Gasteiger partial charge < -0.3 is 35.6 Å². The highest BCUT2D eigenvalue weighted by atomic mass is 32.2. The Balaban J connectivity index is 4.78. The molecule has 0 heterocycles. The van der Waals surface area contributed by atoms with Gasteiger partial charge in [-0.2, -0.15) is 11.8 Å². The van der Waals surface area contributed by atoms with Gasteiger partial charge in [0, 0.05) is 17.9 Å². The first-order valence-corrected chi connectivity index (χ1v) is 12.2. The Kier molecular flexibility index (Phi) is 14.3. The highest BCUT2D eigenvalue weighted by Gasteiger charge is 2.25. The maximum absolute atomic E-state index is 12.4. The molecule has 0 saturated heterocycles. The maximum Gasteiger partial charge on any atom is 0.331 e. The minimum absolute atomic E-state index is 0.0699. The number of carboxylic acids is 2. The van der Waals surface area contributed by atoms with E-state index in [1.807, 2.05) is 0 Å². The van der Waals surface area contributed by atoms with Crippen molar-refractivity contribution in [3.8, 4) is 0 Å². The summed E-state index contributed by atoms with van der Waals surface area (Å²) in [4.78, 5) is 45.6. The zero-order valence-corrected chi connectivity index (χ0v) is 18.7. The van der Waals surface area contributed by atoms with Crippen LogP contribution in [0.2, 0.25) is 0 Å². The number of carbonyl (C=O) groups is 4. The van der Waals surface area contributed by atoms with Crippen molar-refractivity contribution in [3.63, 3.8) is 0 Å². The van der Waals surface area contributed by atoms with Crippen molar-refractivity contribution in [3.05, 3.63) is 0 Å². The third kappa shape index (κ3) is 12.8. The molecule has 0 aliphatic carbocycles. The molecule has 6 N–H and O–H groups in total. The third-order valence-electron chi connectivity index (χ3n) is 3.51. The third-order valence-corrected chi connectivity index (χ3v) is 6.95. The number of carboxylic acid groups (broad SMARTS) is 2. The molecule has 14 heteroatoms. The highest BCUT2D eigenvalue weighted by molar-refractivity contribution is 7.99. The molecular formula is C16H30N3O9PS. The number of carbonyl (C=O) groups excluding carboxylic acids is 2. The summed E-state index contributed by atoms with van der Waals surface area (Å²) >= 11 is 1.20. The number of amides is 2. The van der Waals surface area contributed by atoms with Crippen molar-refractivity contribution in [2.24, 2.45) is 5.73 Å². The predicted molar refractivity (Wildman–Crippen MR) is 110 cm³/mol. The Morgan fingerprint density at radius 3 is 2.23 bits per heavy atom. The van der Waals surface area contributed by atoms with Crippen LogP contribution in [-0.2, 0) is 32.8 Å². The van der Waals surface area contributed by atoms with Crippen LogP contribution in [0.25, 0.3) is 0 Å². The molecule has 0 bridgehead atoms. The second kappa shape index (κ2) is 15.2. The summed E-state index contributed by atoms with van der Waals surface area (Å²) in [5.41, 5.74) is 5.35. The highest BCUT2D eigenvalue weighted by Crippen LogP contribution is 2.48. The minimum Gasteiger partial charge on any atom is -0.480 e. The molecule has 0 rings (SSSR count). The molecule has 174 valence electrons. The molecule has 0 aromatic rings. The van der Waals surface area contributed by atoms with E-state index in [4.69, 9.17) is 25.0 Å². The molecule has 2 atom stereocenters. The van der Waals surface area contributed by atoms with Crippen LogP contribution < -0.4 is 16.4 Å². The fraction of sp³-hybridized carbons (Fsp3) is 0.750. The average molecular weight is 471 g/mol. The summed E-state index contributed by atoms with van der Waals surface area (Å²) in [6.07, 6.45) is -0.237. The van der Waals surface area contributed by atoms with Gasteiger partial charge in [0.25, 0.3) is 0 Å². The zero-order chi connectivity index (χ0) is 23.2. The summed E-state index contributed by atoms with van der Waals surface area (Å²) in [6, 6.07) is -2.28. The SMILES string of the molecule is CCOP(=O)(CCSCC(NC(=O)CCC(N)C(=O)O)C(=O)NCC(=O)O)OCC. The van der Waals surface area contributed by atoms with Crippen molar-refractivity contribution in [1.82, 2.24) is 10.6 Å². The van der Waals surface area contributed by atoms with Gasteiger partial charge in [-0.05, 0) is 20.3 Å². The van der Waals surface area contributed by atoms with Gasteiger partial charge in [-0.3, -0.25) is 23.7 Å². The van der Waals surface area contributed by atoms with Gasteiger partial charge in [-0.15, -0.1) is 0 Å². The summed E-state index contributed by atoms with van der Waals surface area (Å²) < 4.78 is 22.8. The fourth-order valence-corrected chi connectivity index (χ4v) is 5.25. The summed E-state index contributed by atoms with van der Waals surface area (Å²) in [5.74, 6) is -3.43. The van der Waals surface area contributed by atoms with Crippen LogP contribution >= 0.6 is 19.4 Å². The predicted octanol–water partition coefficient (Wildman–Crippen LogP) is -0.137. The number of rotatable bonds is 17. The van der Waals surface area contributed by atoms with E-state index in [2.05, 4.69) is 10.6 Å². The molecule has 0 aliphatic heterocycles. The Morgan fingerprint density at radius 2 is 1.73 bits per heavy atom. The van der Waals surface area contributed by atoms with E-state index in [9.17, 15) is 23.7 Å². The van der Waals surface area contributed by atoms with E-state index < -0.39 is 50.0 Å². The largest absolute Gasteiger partial charge is 0.480 e. The van der Waals surface area contributed by atoms with E-state index in [0.29, 0.717) is 5.75 Å². The van der Waals surface area contributed by atoms with Crippen molar-refractivity contribution >= 4 is 43.1 Å². The topological polar surface area (TPSA) is 194 Å². The first-order valence-electron chi connectivity index (χ1n) is 9.27. The quantitative estimate of drug-likeness (QED) is 0.140. The lowest BCUT2D eigenvalue weighted by Gasteiger charge is -2.19. The molecule has 2 unspecified atom stereocenters. The van der Waals surface area contributed by atoms with Gasteiger partial charge in [0.05, 0.1) is 19.4 Å². The maximum atomic E-state index is 12.4. The van der Waals surface area contributed by atoms with Gasteiger partial charge >= 0.3 is 19.5 Å². The first kappa shape index (κ1) is 28.3. The summed E-state index contributed by atoms with van der Waals surface area (Å²) in [6.45, 7) is 3.19. The van der Waals surface area contributed by atoms with E-state index in [0.717, 1.165) is 0 Å². The van der Waals surface area contributed by atoms with Crippen LogP contribution in [0.3, 0.4) is 0 Å². The first-order chi connectivity index (χ1) is 14.0. The molecule has 2 amide bonds. The number of nitrogens with two attached hydrogens (primary N) is 1. The standard InChI is InChI=1S/C16H30N3O9PS/c1-3-27-29(26,28-4-2)7-8-30-10-12(15(23)18-9-14(21)22)19-13(20)6-5-11(17)16(24)25/h11-12H,3-10,17H2,1-2H3,(H,18,23)(H,19,20)(H,21,22)(H,24,25). The van der Waals surface area contributed by atoms with Crippen LogP contribution in [0.1, 0.15) is 26.7 Å². The van der Waals surface area contributed by atoms with Crippen molar-refractivity contribution in [2.75, 3.05) is 37.4 Å². The molecule has 0 aromatic heterocycles.